The molecule has 25 heavy (non-hydrogen) atoms. The first kappa shape index (κ1) is 18.6. The third-order valence-corrected chi connectivity index (χ3v) is 3.75. The van der Waals surface area contributed by atoms with Gasteiger partial charge in [-0.25, -0.2) is 4.79 Å². The van der Waals surface area contributed by atoms with Gasteiger partial charge in [0.15, 0.2) is 6.10 Å². The maximum atomic E-state index is 12.1. The van der Waals surface area contributed by atoms with Crippen molar-refractivity contribution in [3.05, 3.63) is 59.1 Å². The topological polar surface area (TPSA) is 76.7 Å². The first-order valence-corrected chi connectivity index (χ1v) is 8.00. The second-order valence-electron chi connectivity index (χ2n) is 5.21. The van der Waals surface area contributed by atoms with Crippen molar-refractivity contribution in [2.24, 2.45) is 0 Å². The number of hydrogen-bond donors (Lipinski definition) is 2. The third-order valence-electron chi connectivity index (χ3n) is 3.38. The molecule has 2 N–H and O–H groups in total. The average Bonchev–Trinajstić information content (AvgIpc) is 2.62. The van der Waals surface area contributed by atoms with Crippen LogP contribution in [0.3, 0.4) is 0 Å². The molecule has 0 saturated heterocycles. The maximum absolute atomic E-state index is 12.1. The zero-order valence-electron chi connectivity index (χ0n) is 13.9. The monoisotopic (exact) mass is 362 g/mol. The van der Waals surface area contributed by atoms with Crippen molar-refractivity contribution >= 4 is 29.3 Å². The SMILES string of the molecule is COC(=O)Nc1ccc(OC(C)C(=O)NCc2ccccc2Cl)cc1. The fourth-order valence-electron chi connectivity index (χ4n) is 2.01. The molecule has 0 bridgehead atoms. The summed E-state index contributed by atoms with van der Waals surface area (Å²) in [6, 6.07) is 13.9. The zero-order chi connectivity index (χ0) is 18.2. The second-order valence-corrected chi connectivity index (χ2v) is 5.62. The van der Waals surface area contributed by atoms with Crippen LogP contribution in [0.1, 0.15) is 12.5 Å². The second kappa shape index (κ2) is 8.94. The lowest BCUT2D eigenvalue weighted by Crippen LogP contribution is -2.35. The van der Waals surface area contributed by atoms with Gasteiger partial charge in [-0.2, -0.15) is 0 Å². The lowest BCUT2D eigenvalue weighted by Gasteiger charge is -2.15. The number of anilines is 1. The Hall–Kier alpha value is -2.73. The van der Waals surface area contributed by atoms with Gasteiger partial charge in [0.05, 0.1) is 7.11 Å². The molecule has 132 valence electrons. The van der Waals surface area contributed by atoms with E-state index in [0.717, 1.165) is 5.56 Å². The van der Waals surface area contributed by atoms with Gasteiger partial charge in [0, 0.05) is 17.3 Å². The Balaban J connectivity index is 1.86. The Labute approximate surface area is 151 Å². The van der Waals surface area contributed by atoms with Gasteiger partial charge in [-0.1, -0.05) is 29.8 Å². The van der Waals surface area contributed by atoms with Crippen molar-refractivity contribution in [1.29, 1.82) is 0 Å². The van der Waals surface area contributed by atoms with Crippen molar-refractivity contribution < 1.29 is 19.1 Å². The number of nitrogens with one attached hydrogen (secondary N) is 2. The van der Waals surface area contributed by atoms with Crippen molar-refractivity contribution in [3.63, 3.8) is 0 Å². The summed E-state index contributed by atoms with van der Waals surface area (Å²) < 4.78 is 10.1. The highest BCUT2D eigenvalue weighted by Gasteiger charge is 2.15. The van der Waals surface area contributed by atoms with Gasteiger partial charge in [-0.15, -0.1) is 0 Å². The van der Waals surface area contributed by atoms with E-state index in [1.807, 2.05) is 18.2 Å². The number of amides is 2. The Morgan fingerprint density at radius 3 is 2.44 bits per heavy atom. The Kier molecular flexibility index (Phi) is 6.65. The molecule has 0 aliphatic rings. The Morgan fingerprint density at radius 2 is 1.80 bits per heavy atom. The first-order chi connectivity index (χ1) is 12.0. The summed E-state index contributed by atoms with van der Waals surface area (Å²) in [5.41, 5.74) is 1.40. The molecule has 0 saturated carbocycles. The van der Waals surface area contributed by atoms with Crippen LogP contribution >= 0.6 is 11.6 Å². The van der Waals surface area contributed by atoms with Crippen molar-refractivity contribution in [2.75, 3.05) is 12.4 Å². The molecule has 2 aromatic rings. The van der Waals surface area contributed by atoms with Gasteiger partial charge in [-0.05, 0) is 42.8 Å². The highest BCUT2D eigenvalue weighted by atomic mass is 35.5. The van der Waals surface area contributed by atoms with Gasteiger partial charge in [0.25, 0.3) is 5.91 Å². The predicted molar refractivity (Wildman–Crippen MR) is 95.9 cm³/mol. The quantitative estimate of drug-likeness (QED) is 0.823. The van der Waals surface area contributed by atoms with Crippen LogP contribution in [0.2, 0.25) is 5.02 Å². The highest BCUT2D eigenvalue weighted by Crippen LogP contribution is 2.18. The van der Waals surface area contributed by atoms with Crippen LogP contribution in [-0.2, 0) is 16.1 Å². The van der Waals surface area contributed by atoms with Gasteiger partial charge in [0.2, 0.25) is 0 Å². The summed E-state index contributed by atoms with van der Waals surface area (Å²) in [6.07, 6.45) is -1.23. The van der Waals surface area contributed by atoms with Crippen LogP contribution in [0.5, 0.6) is 5.75 Å². The van der Waals surface area contributed by atoms with Crippen LogP contribution in [-0.4, -0.2) is 25.2 Å². The van der Waals surface area contributed by atoms with Crippen LogP contribution in [0.4, 0.5) is 10.5 Å². The predicted octanol–water partition coefficient (Wildman–Crippen LogP) is 3.60. The molecule has 0 fully saturated rings. The number of methoxy groups -OCH3 is 1. The first-order valence-electron chi connectivity index (χ1n) is 7.62. The van der Waals surface area contributed by atoms with Crippen molar-refractivity contribution in [3.8, 4) is 5.75 Å². The van der Waals surface area contributed by atoms with Gasteiger partial charge in [-0.3, -0.25) is 10.1 Å². The molecule has 0 aromatic heterocycles. The number of benzene rings is 2. The number of rotatable bonds is 6. The summed E-state index contributed by atoms with van der Waals surface area (Å²) in [5.74, 6) is 0.257. The molecule has 0 spiro atoms. The minimum absolute atomic E-state index is 0.253. The molecule has 7 heteroatoms. The summed E-state index contributed by atoms with van der Waals surface area (Å²) in [7, 11) is 1.29. The summed E-state index contributed by atoms with van der Waals surface area (Å²) >= 11 is 6.06. The molecule has 0 aliphatic carbocycles. The van der Waals surface area contributed by atoms with E-state index in [2.05, 4.69) is 15.4 Å². The van der Waals surface area contributed by atoms with E-state index in [4.69, 9.17) is 16.3 Å². The lowest BCUT2D eigenvalue weighted by molar-refractivity contribution is -0.127. The molecule has 0 heterocycles. The summed E-state index contributed by atoms with van der Waals surface area (Å²) in [6.45, 7) is 1.98. The van der Waals surface area contributed by atoms with Gasteiger partial charge >= 0.3 is 6.09 Å². The van der Waals surface area contributed by atoms with Crippen LogP contribution in [0, 0.1) is 0 Å². The maximum Gasteiger partial charge on any atom is 0.411 e. The standard InChI is InChI=1S/C18H19ClN2O4/c1-12(17(22)20-11-13-5-3-4-6-16(13)19)25-15-9-7-14(8-10-15)21-18(23)24-2/h3-10,12H,11H2,1-2H3,(H,20,22)(H,21,23). The number of hydrogen-bond acceptors (Lipinski definition) is 4. The van der Waals surface area contributed by atoms with Crippen LogP contribution < -0.4 is 15.4 Å². The number of halogens is 1. The van der Waals surface area contributed by atoms with Crippen molar-refractivity contribution in [1.82, 2.24) is 5.32 Å². The van der Waals surface area contributed by atoms with E-state index in [1.54, 1.807) is 37.3 Å². The van der Waals surface area contributed by atoms with Crippen LogP contribution in [0.25, 0.3) is 0 Å². The average molecular weight is 363 g/mol. The van der Waals surface area contributed by atoms with Crippen LogP contribution in [0.15, 0.2) is 48.5 Å². The molecule has 6 nitrogen and oxygen atoms in total. The largest absolute Gasteiger partial charge is 0.481 e. The minimum atomic E-state index is -0.679. The Bertz CT molecular complexity index is 734. The summed E-state index contributed by atoms with van der Waals surface area (Å²) in [4.78, 5) is 23.2. The van der Waals surface area contributed by atoms with E-state index >= 15 is 0 Å². The molecule has 2 aromatic carbocycles. The molecular weight excluding hydrogens is 344 g/mol. The zero-order valence-corrected chi connectivity index (χ0v) is 14.7. The van der Waals surface area contributed by atoms with Gasteiger partial charge < -0.3 is 14.8 Å². The van der Waals surface area contributed by atoms with E-state index in [-0.39, 0.29) is 5.91 Å². The molecule has 2 rings (SSSR count). The Morgan fingerprint density at radius 1 is 1.12 bits per heavy atom. The summed E-state index contributed by atoms with van der Waals surface area (Å²) in [5, 5.41) is 5.92. The lowest BCUT2D eigenvalue weighted by atomic mass is 10.2. The highest BCUT2D eigenvalue weighted by molar-refractivity contribution is 6.31. The fraction of sp³-hybridized carbons (Fsp3) is 0.222. The van der Waals surface area contributed by atoms with Gasteiger partial charge in [0.1, 0.15) is 5.75 Å². The fourth-order valence-corrected chi connectivity index (χ4v) is 2.21. The molecule has 0 radical (unpaired) electrons. The third kappa shape index (κ3) is 5.69. The molecule has 2 amide bonds. The molecule has 1 unspecified atom stereocenters. The van der Waals surface area contributed by atoms with Crippen molar-refractivity contribution in [2.45, 2.75) is 19.6 Å². The van der Waals surface area contributed by atoms with E-state index in [0.29, 0.717) is 23.0 Å². The minimum Gasteiger partial charge on any atom is -0.481 e. The normalized spacial score (nSPS) is 11.3. The molecule has 0 aliphatic heterocycles. The van der Waals surface area contributed by atoms with E-state index < -0.39 is 12.2 Å². The van der Waals surface area contributed by atoms with E-state index in [9.17, 15) is 9.59 Å². The number of ether oxygens (including phenoxy) is 2. The molecular formula is C18H19ClN2O4. The molecule has 1 atom stereocenters. The number of carbonyl (C=O) groups is 2. The number of carbonyl (C=O) groups excluding carboxylic acids is 2. The smallest absolute Gasteiger partial charge is 0.411 e. The van der Waals surface area contributed by atoms with E-state index in [1.165, 1.54) is 7.11 Å².